The molecule has 2 aromatic rings. The maximum Gasteiger partial charge on any atom is 0.243 e. The second-order valence-corrected chi connectivity index (χ2v) is 6.36. The van der Waals surface area contributed by atoms with Crippen LogP contribution < -0.4 is 0 Å². The number of benzene rings is 1. The summed E-state index contributed by atoms with van der Waals surface area (Å²) in [7, 11) is -3.57. The Balaban J connectivity index is 2.29. The number of aromatic nitrogens is 1. The van der Waals surface area contributed by atoms with Crippen LogP contribution in [0.3, 0.4) is 0 Å². The van der Waals surface area contributed by atoms with E-state index in [1.807, 2.05) is 6.07 Å². The van der Waals surface area contributed by atoms with Crippen LogP contribution in [0.1, 0.15) is 18.1 Å². The van der Waals surface area contributed by atoms with E-state index in [-0.39, 0.29) is 4.90 Å². The van der Waals surface area contributed by atoms with Gasteiger partial charge in [-0.25, -0.2) is 8.42 Å². The molecule has 0 aliphatic heterocycles. The molecule has 6 heteroatoms. The minimum atomic E-state index is -3.57. The van der Waals surface area contributed by atoms with Gasteiger partial charge in [-0.1, -0.05) is 6.92 Å². The molecule has 0 bridgehead atoms. The van der Waals surface area contributed by atoms with Crippen LogP contribution in [0.5, 0.6) is 0 Å². The first-order valence-electron chi connectivity index (χ1n) is 6.47. The summed E-state index contributed by atoms with van der Waals surface area (Å²) in [6.07, 6.45) is 3.27. The molecule has 5 nitrogen and oxygen atoms in total. The van der Waals surface area contributed by atoms with Gasteiger partial charge in [-0.3, -0.25) is 4.98 Å². The second-order valence-electron chi connectivity index (χ2n) is 4.42. The van der Waals surface area contributed by atoms with Gasteiger partial charge in [0.05, 0.1) is 16.5 Å². The number of sulfonamides is 1. The number of rotatable bonds is 5. The quantitative estimate of drug-likeness (QED) is 0.848. The van der Waals surface area contributed by atoms with E-state index < -0.39 is 10.0 Å². The molecule has 0 saturated heterocycles. The van der Waals surface area contributed by atoms with Crippen LogP contribution in [-0.2, 0) is 16.6 Å². The summed E-state index contributed by atoms with van der Waals surface area (Å²) < 4.78 is 26.6. The maximum absolute atomic E-state index is 12.6. The van der Waals surface area contributed by atoms with E-state index in [0.717, 1.165) is 5.56 Å². The molecule has 21 heavy (non-hydrogen) atoms. The first kappa shape index (κ1) is 15.2. The molecule has 0 radical (unpaired) electrons. The average Bonchev–Trinajstić information content (AvgIpc) is 2.53. The van der Waals surface area contributed by atoms with Gasteiger partial charge in [-0.2, -0.15) is 9.57 Å². The normalized spacial score (nSPS) is 11.3. The van der Waals surface area contributed by atoms with Crippen molar-refractivity contribution in [1.82, 2.24) is 9.29 Å². The third-order valence-corrected chi connectivity index (χ3v) is 5.02. The zero-order chi connectivity index (χ0) is 15.3. The molecule has 0 amide bonds. The molecule has 1 aromatic carbocycles. The van der Waals surface area contributed by atoms with Crippen molar-refractivity contribution >= 4 is 10.0 Å². The molecule has 0 aliphatic rings. The summed E-state index contributed by atoms with van der Waals surface area (Å²) in [4.78, 5) is 4.11. The summed E-state index contributed by atoms with van der Waals surface area (Å²) in [6, 6.07) is 11.5. The lowest BCUT2D eigenvalue weighted by Crippen LogP contribution is -2.30. The average molecular weight is 301 g/mol. The molecule has 108 valence electrons. The summed E-state index contributed by atoms with van der Waals surface area (Å²) in [6.45, 7) is 2.45. The van der Waals surface area contributed by atoms with Crippen LogP contribution in [0.4, 0.5) is 0 Å². The van der Waals surface area contributed by atoms with Gasteiger partial charge in [0.1, 0.15) is 0 Å². The van der Waals surface area contributed by atoms with Crippen molar-refractivity contribution in [3.8, 4) is 6.07 Å². The van der Waals surface area contributed by atoms with E-state index in [9.17, 15) is 8.42 Å². The van der Waals surface area contributed by atoms with Gasteiger partial charge in [0, 0.05) is 25.5 Å². The third-order valence-electron chi connectivity index (χ3n) is 3.08. The highest BCUT2D eigenvalue weighted by molar-refractivity contribution is 7.89. The Bertz CT molecular complexity index is 735. The van der Waals surface area contributed by atoms with E-state index in [2.05, 4.69) is 4.98 Å². The molecule has 0 fully saturated rings. The Labute approximate surface area is 124 Å². The summed E-state index contributed by atoms with van der Waals surface area (Å²) in [5, 5.41) is 8.77. The van der Waals surface area contributed by atoms with Crippen molar-refractivity contribution in [2.24, 2.45) is 0 Å². The van der Waals surface area contributed by atoms with Crippen LogP contribution in [-0.4, -0.2) is 24.3 Å². The Morgan fingerprint density at radius 2 is 1.76 bits per heavy atom. The molecule has 0 N–H and O–H groups in total. The predicted octanol–water partition coefficient (Wildman–Crippen LogP) is 2.16. The number of nitrogens with zero attached hydrogens (tertiary/aromatic N) is 3. The Morgan fingerprint density at radius 3 is 2.29 bits per heavy atom. The molecule has 1 heterocycles. The van der Waals surface area contributed by atoms with Crippen molar-refractivity contribution in [3.05, 3.63) is 59.9 Å². The second kappa shape index (κ2) is 6.48. The van der Waals surface area contributed by atoms with Gasteiger partial charge >= 0.3 is 0 Å². The lowest BCUT2D eigenvalue weighted by atomic mass is 10.2. The van der Waals surface area contributed by atoms with Gasteiger partial charge in [-0.05, 0) is 42.0 Å². The first-order valence-corrected chi connectivity index (χ1v) is 7.91. The largest absolute Gasteiger partial charge is 0.265 e. The van der Waals surface area contributed by atoms with Gasteiger partial charge in [-0.15, -0.1) is 0 Å². The van der Waals surface area contributed by atoms with E-state index in [4.69, 9.17) is 5.26 Å². The highest BCUT2D eigenvalue weighted by Gasteiger charge is 2.23. The van der Waals surface area contributed by atoms with E-state index in [1.165, 1.54) is 28.6 Å². The number of nitriles is 1. The van der Waals surface area contributed by atoms with E-state index in [0.29, 0.717) is 18.7 Å². The number of hydrogen-bond donors (Lipinski definition) is 0. The fourth-order valence-electron chi connectivity index (χ4n) is 1.91. The van der Waals surface area contributed by atoms with Gasteiger partial charge < -0.3 is 0 Å². The van der Waals surface area contributed by atoms with Crippen LogP contribution in [0.25, 0.3) is 0 Å². The minimum absolute atomic E-state index is 0.192. The fraction of sp³-hybridized carbons (Fsp3) is 0.200. The smallest absolute Gasteiger partial charge is 0.243 e. The van der Waals surface area contributed by atoms with Gasteiger partial charge in [0.25, 0.3) is 0 Å². The van der Waals surface area contributed by atoms with Crippen LogP contribution >= 0.6 is 0 Å². The number of hydrogen-bond acceptors (Lipinski definition) is 4. The Morgan fingerprint density at radius 1 is 1.14 bits per heavy atom. The highest BCUT2D eigenvalue weighted by atomic mass is 32.2. The monoisotopic (exact) mass is 301 g/mol. The molecular formula is C15H15N3O2S. The first-order chi connectivity index (χ1) is 10.1. The summed E-state index contributed by atoms with van der Waals surface area (Å²) >= 11 is 0. The van der Waals surface area contributed by atoms with E-state index in [1.54, 1.807) is 31.5 Å². The molecule has 0 spiro atoms. The molecule has 1 aromatic heterocycles. The lowest BCUT2D eigenvalue weighted by Gasteiger charge is -2.20. The summed E-state index contributed by atoms with van der Waals surface area (Å²) in [5.74, 6) is 0. The topological polar surface area (TPSA) is 74.1 Å². The Kier molecular flexibility index (Phi) is 4.68. The number of pyridine rings is 1. The molecule has 2 rings (SSSR count). The van der Waals surface area contributed by atoms with Crippen molar-refractivity contribution in [3.63, 3.8) is 0 Å². The van der Waals surface area contributed by atoms with E-state index >= 15 is 0 Å². The molecule has 0 atom stereocenters. The van der Waals surface area contributed by atoms with Gasteiger partial charge in [0.2, 0.25) is 10.0 Å². The van der Waals surface area contributed by atoms with Crippen molar-refractivity contribution in [2.45, 2.75) is 18.4 Å². The third kappa shape index (κ3) is 3.45. The van der Waals surface area contributed by atoms with Crippen molar-refractivity contribution < 1.29 is 8.42 Å². The SMILES string of the molecule is CCN(Cc1ccncc1)S(=O)(=O)c1ccc(C#N)cc1. The highest BCUT2D eigenvalue weighted by Crippen LogP contribution is 2.18. The zero-order valence-corrected chi connectivity index (χ0v) is 12.4. The van der Waals surface area contributed by atoms with Crippen molar-refractivity contribution in [1.29, 1.82) is 5.26 Å². The minimum Gasteiger partial charge on any atom is -0.265 e. The van der Waals surface area contributed by atoms with Crippen LogP contribution in [0.2, 0.25) is 0 Å². The molecule has 0 unspecified atom stereocenters. The molecular weight excluding hydrogens is 286 g/mol. The van der Waals surface area contributed by atoms with Gasteiger partial charge in [0.15, 0.2) is 0 Å². The predicted molar refractivity (Wildman–Crippen MR) is 78.7 cm³/mol. The molecule has 0 saturated carbocycles. The summed E-state index contributed by atoms with van der Waals surface area (Å²) in [5.41, 5.74) is 1.32. The molecule has 0 aliphatic carbocycles. The maximum atomic E-state index is 12.6. The van der Waals surface area contributed by atoms with Crippen LogP contribution in [0.15, 0.2) is 53.7 Å². The zero-order valence-electron chi connectivity index (χ0n) is 11.6. The Hall–Kier alpha value is -2.23. The lowest BCUT2D eigenvalue weighted by molar-refractivity contribution is 0.423. The van der Waals surface area contributed by atoms with Crippen LogP contribution in [0, 0.1) is 11.3 Å². The fourth-order valence-corrected chi connectivity index (χ4v) is 3.35. The standard InChI is InChI=1S/C15H15N3O2S/c1-2-18(12-14-7-9-17-10-8-14)21(19,20)15-5-3-13(11-16)4-6-15/h3-10H,2,12H2,1H3. The van der Waals surface area contributed by atoms with Crippen molar-refractivity contribution in [2.75, 3.05) is 6.54 Å².